The summed E-state index contributed by atoms with van der Waals surface area (Å²) in [5, 5.41) is 3.95. The lowest BCUT2D eigenvalue weighted by molar-refractivity contribution is -0.113. The van der Waals surface area contributed by atoms with Crippen molar-refractivity contribution >= 4 is 50.2 Å². The number of anilines is 1. The zero-order valence-corrected chi connectivity index (χ0v) is 17.8. The van der Waals surface area contributed by atoms with Gasteiger partial charge >= 0.3 is 0 Å². The third kappa shape index (κ3) is 5.21. The number of hydrogen-bond acceptors (Lipinski definition) is 5. The Hall–Kier alpha value is -2.16. The number of ether oxygens (including phenoxy) is 1. The fraction of sp³-hybridized carbons (Fsp3) is 0.250. The number of nitrogens with one attached hydrogen (secondary N) is 1. The minimum Gasteiger partial charge on any atom is -0.385 e. The second-order valence-electron chi connectivity index (χ2n) is 6.06. The van der Waals surface area contributed by atoms with Gasteiger partial charge in [0.1, 0.15) is 0 Å². The third-order valence-electron chi connectivity index (χ3n) is 4.02. The Morgan fingerprint density at radius 3 is 2.71 bits per heavy atom. The molecular weight excluding hydrogens is 442 g/mol. The van der Waals surface area contributed by atoms with Crippen LogP contribution >= 0.6 is 27.7 Å². The van der Waals surface area contributed by atoms with Crippen LogP contribution in [0.2, 0.25) is 0 Å². The first-order valence-electron chi connectivity index (χ1n) is 8.75. The van der Waals surface area contributed by atoms with E-state index in [4.69, 9.17) is 4.74 Å². The lowest BCUT2D eigenvalue weighted by Crippen LogP contribution is -2.25. The lowest BCUT2D eigenvalue weighted by Gasteiger charge is -2.13. The average Bonchev–Trinajstić information content (AvgIpc) is 2.70. The fourth-order valence-corrected chi connectivity index (χ4v) is 3.77. The molecule has 0 bridgehead atoms. The van der Waals surface area contributed by atoms with Crippen LogP contribution in [-0.2, 0) is 16.1 Å². The third-order valence-corrected chi connectivity index (χ3v) is 5.52. The standard InChI is InChI=1S/C20H20BrN3O3S/c1-27-12-4-11-24-19(26)16-5-2-3-6-17(16)23-20(24)28-13-18(25)22-15-9-7-14(21)8-10-15/h2-3,5-10H,4,11-13H2,1H3,(H,22,25). The maximum absolute atomic E-state index is 12.9. The van der Waals surface area contributed by atoms with Crippen LogP contribution in [-0.4, -0.2) is 34.9 Å². The first-order valence-corrected chi connectivity index (χ1v) is 10.5. The van der Waals surface area contributed by atoms with Gasteiger partial charge in [0.15, 0.2) is 5.16 Å². The van der Waals surface area contributed by atoms with Crippen LogP contribution in [0.3, 0.4) is 0 Å². The smallest absolute Gasteiger partial charge is 0.262 e. The van der Waals surface area contributed by atoms with Crippen molar-refractivity contribution in [3.63, 3.8) is 0 Å². The number of halogens is 1. The summed E-state index contributed by atoms with van der Waals surface area (Å²) in [6.07, 6.45) is 0.690. The molecular formula is C20H20BrN3O3S. The number of rotatable bonds is 8. The van der Waals surface area contributed by atoms with E-state index in [2.05, 4.69) is 26.2 Å². The summed E-state index contributed by atoms with van der Waals surface area (Å²) in [5.41, 5.74) is 1.25. The molecule has 1 amide bonds. The van der Waals surface area contributed by atoms with E-state index in [9.17, 15) is 9.59 Å². The Morgan fingerprint density at radius 1 is 1.21 bits per heavy atom. The molecule has 1 aromatic heterocycles. The summed E-state index contributed by atoms with van der Waals surface area (Å²) < 4.78 is 7.66. The summed E-state index contributed by atoms with van der Waals surface area (Å²) in [6, 6.07) is 14.6. The summed E-state index contributed by atoms with van der Waals surface area (Å²) in [5.74, 6) is 0.00339. The summed E-state index contributed by atoms with van der Waals surface area (Å²) >= 11 is 4.62. The minimum absolute atomic E-state index is 0.0995. The van der Waals surface area contributed by atoms with Gasteiger partial charge in [0.2, 0.25) is 5.91 Å². The quantitative estimate of drug-likeness (QED) is 0.312. The van der Waals surface area contributed by atoms with Gasteiger partial charge in [-0.2, -0.15) is 0 Å². The van der Waals surface area contributed by atoms with E-state index in [0.29, 0.717) is 35.6 Å². The molecule has 146 valence electrons. The largest absolute Gasteiger partial charge is 0.385 e. The zero-order valence-electron chi connectivity index (χ0n) is 15.4. The van der Waals surface area contributed by atoms with Gasteiger partial charge in [-0.15, -0.1) is 0 Å². The highest BCUT2D eigenvalue weighted by Gasteiger charge is 2.13. The zero-order chi connectivity index (χ0) is 19.9. The molecule has 0 spiro atoms. The highest BCUT2D eigenvalue weighted by molar-refractivity contribution is 9.10. The van der Waals surface area contributed by atoms with Crippen LogP contribution in [0.25, 0.3) is 10.9 Å². The molecule has 1 N–H and O–H groups in total. The number of amides is 1. The fourth-order valence-electron chi connectivity index (χ4n) is 2.68. The normalized spacial score (nSPS) is 10.9. The molecule has 0 atom stereocenters. The molecule has 3 rings (SSSR count). The van der Waals surface area contributed by atoms with Gasteiger partial charge in [0.05, 0.1) is 16.7 Å². The van der Waals surface area contributed by atoms with Crippen molar-refractivity contribution in [1.29, 1.82) is 0 Å². The van der Waals surface area contributed by atoms with Crippen LogP contribution in [0, 0.1) is 0 Å². The second kappa shape index (κ2) is 9.86. The van der Waals surface area contributed by atoms with Gasteiger partial charge in [-0.3, -0.25) is 14.2 Å². The van der Waals surface area contributed by atoms with Crippen molar-refractivity contribution in [3.8, 4) is 0 Å². The molecule has 0 fully saturated rings. The number of benzene rings is 2. The molecule has 0 saturated heterocycles. The van der Waals surface area contributed by atoms with E-state index < -0.39 is 0 Å². The lowest BCUT2D eigenvalue weighted by atomic mass is 10.2. The Balaban J connectivity index is 1.78. The van der Waals surface area contributed by atoms with Crippen molar-refractivity contribution in [2.75, 3.05) is 24.8 Å². The number of thioether (sulfide) groups is 1. The van der Waals surface area contributed by atoms with Crippen LogP contribution in [0.4, 0.5) is 5.69 Å². The van der Waals surface area contributed by atoms with Gasteiger partial charge in [-0.05, 0) is 42.8 Å². The molecule has 1 heterocycles. The number of methoxy groups -OCH3 is 1. The number of hydrogen-bond donors (Lipinski definition) is 1. The number of fused-ring (bicyclic) bond motifs is 1. The first kappa shape index (κ1) is 20.6. The van der Waals surface area contributed by atoms with Gasteiger partial charge < -0.3 is 10.1 Å². The summed E-state index contributed by atoms with van der Waals surface area (Å²) in [6.45, 7) is 1.04. The Labute approximate surface area is 175 Å². The van der Waals surface area contributed by atoms with E-state index in [1.807, 2.05) is 42.5 Å². The molecule has 0 saturated carbocycles. The summed E-state index contributed by atoms with van der Waals surface area (Å²) in [4.78, 5) is 29.8. The van der Waals surface area contributed by atoms with Gasteiger partial charge in [-0.1, -0.05) is 39.8 Å². The Morgan fingerprint density at radius 2 is 1.96 bits per heavy atom. The average molecular weight is 462 g/mol. The van der Waals surface area contributed by atoms with Gasteiger partial charge in [0.25, 0.3) is 5.56 Å². The summed E-state index contributed by atoms with van der Waals surface area (Å²) in [7, 11) is 1.63. The predicted octanol–water partition coefficient (Wildman–Crippen LogP) is 3.93. The first-order chi connectivity index (χ1) is 13.6. The number of aromatic nitrogens is 2. The van der Waals surface area contributed by atoms with Crippen molar-refractivity contribution < 1.29 is 9.53 Å². The monoisotopic (exact) mass is 461 g/mol. The van der Waals surface area contributed by atoms with E-state index in [1.54, 1.807) is 17.7 Å². The maximum Gasteiger partial charge on any atom is 0.262 e. The molecule has 2 aromatic carbocycles. The molecule has 8 heteroatoms. The number of nitrogens with zero attached hydrogens (tertiary/aromatic N) is 2. The Kier molecular flexibility index (Phi) is 7.24. The van der Waals surface area contributed by atoms with Crippen molar-refractivity contribution in [2.45, 2.75) is 18.1 Å². The molecule has 3 aromatic rings. The molecule has 0 aliphatic carbocycles. The second-order valence-corrected chi connectivity index (χ2v) is 7.92. The molecule has 0 aliphatic heterocycles. The number of carbonyl (C=O) groups is 1. The van der Waals surface area contributed by atoms with Crippen molar-refractivity contribution in [2.24, 2.45) is 0 Å². The van der Waals surface area contributed by atoms with Crippen LogP contribution in [0.1, 0.15) is 6.42 Å². The highest BCUT2D eigenvalue weighted by atomic mass is 79.9. The predicted molar refractivity (Wildman–Crippen MR) is 116 cm³/mol. The van der Waals surface area contributed by atoms with E-state index in [-0.39, 0.29) is 17.2 Å². The van der Waals surface area contributed by atoms with Crippen LogP contribution in [0.5, 0.6) is 0 Å². The van der Waals surface area contributed by atoms with E-state index in [0.717, 1.165) is 10.2 Å². The number of carbonyl (C=O) groups excluding carboxylic acids is 1. The topological polar surface area (TPSA) is 73.2 Å². The molecule has 0 aliphatic rings. The maximum atomic E-state index is 12.9. The molecule has 0 radical (unpaired) electrons. The van der Waals surface area contributed by atoms with Crippen molar-refractivity contribution in [3.05, 3.63) is 63.4 Å². The van der Waals surface area contributed by atoms with Gasteiger partial charge in [-0.25, -0.2) is 4.98 Å². The molecule has 6 nitrogen and oxygen atoms in total. The van der Waals surface area contributed by atoms with Crippen LogP contribution in [0.15, 0.2) is 63.0 Å². The Bertz CT molecular complexity index is 1020. The van der Waals surface area contributed by atoms with Gasteiger partial charge in [0, 0.05) is 30.4 Å². The highest BCUT2D eigenvalue weighted by Crippen LogP contribution is 2.19. The van der Waals surface area contributed by atoms with E-state index in [1.165, 1.54) is 11.8 Å². The van der Waals surface area contributed by atoms with Crippen LogP contribution < -0.4 is 10.9 Å². The molecule has 28 heavy (non-hydrogen) atoms. The minimum atomic E-state index is -0.154. The SMILES string of the molecule is COCCCn1c(SCC(=O)Nc2ccc(Br)cc2)nc2ccccc2c1=O. The van der Waals surface area contributed by atoms with Crippen molar-refractivity contribution in [1.82, 2.24) is 9.55 Å². The molecule has 0 unspecified atom stereocenters. The number of para-hydroxylation sites is 1. The van der Waals surface area contributed by atoms with E-state index >= 15 is 0 Å².